The second-order valence-electron chi connectivity index (χ2n) is 8.89. The summed E-state index contributed by atoms with van der Waals surface area (Å²) < 4.78 is 18.3. The highest BCUT2D eigenvalue weighted by molar-refractivity contribution is 5.68. The van der Waals surface area contributed by atoms with Crippen molar-refractivity contribution < 1.29 is 13.9 Å². The van der Waals surface area contributed by atoms with Crippen molar-refractivity contribution in [2.75, 3.05) is 46.0 Å². The molecule has 1 atom stereocenters. The third-order valence-corrected chi connectivity index (χ3v) is 7.39. The van der Waals surface area contributed by atoms with Crippen molar-refractivity contribution >= 4 is 6.09 Å². The van der Waals surface area contributed by atoms with Gasteiger partial charge < -0.3 is 14.5 Å². The fourth-order valence-corrected chi connectivity index (χ4v) is 5.92. The Morgan fingerprint density at radius 1 is 1.12 bits per heavy atom. The van der Waals surface area contributed by atoms with E-state index in [1.165, 1.54) is 25.7 Å². The van der Waals surface area contributed by atoms with Crippen LogP contribution in [0.15, 0.2) is 0 Å². The normalized spacial score (nSPS) is 36.6. The number of amides is 1. The lowest BCUT2D eigenvalue weighted by atomic mass is 9.64. The Morgan fingerprint density at radius 3 is 2.58 bits per heavy atom. The summed E-state index contributed by atoms with van der Waals surface area (Å²) >= 11 is 0. The lowest BCUT2D eigenvalue weighted by molar-refractivity contribution is -0.0180. The van der Waals surface area contributed by atoms with Gasteiger partial charge in [0.2, 0.25) is 0 Å². The van der Waals surface area contributed by atoms with Gasteiger partial charge in [-0.3, -0.25) is 4.90 Å². The molecule has 1 amide bonds. The maximum Gasteiger partial charge on any atom is 0.409 e. The van der Waals surface area contributed by atoms with E-state index >= 15 is 0 Å². The average molecular weight is 368 g/mol. The van der Waals surface area contributed by atoms with Gasteiger partial charge in [-0.15, -0.1) is 0 Å². The van der Waals surface area contributed by atoms with Gasteiger partial charge >= 0.3 is 6.09 Å². The molecule has 26 heavy (non-hydrogen) atoms. The molecular formula is C20H34FN3O2. The summed E-state index contributed by atoms with van der Waals surface area (Å²) in [6.45, 7) is 7.28. The first-order valence-corrected chi connectivity index (χ1v) is 10.6. The molecule has 0 unspecified atom stereocenters. The molecule has 0 N–H and O–H groups in total. The summed E-state index contributed by atoms with van der Waals surface area (Å²) in [7, 11) is 0. The molecule has 4 fully saturated rings. The Balaban J connectivity index is 1.22. The number of hydrogen-bond acceptors (Lipinski definition) is 4. The van der Waals surface area contributed by atoms with Gasteiger partial charge in [0.15, 0.2) is 0 Å². The molecule has 0 radical (unpaired) electrons. The Morgan fingerprint density at radius 2 is 1.88 bits per heavy atom. The largest absolute Gasteiger partial charge is 0.450 e. The van der Waals surface area contributed by atoms with Crippen LogP contribution in [-0.4, -0.2) is 84.9 Å². The lowest BCUT2D eigenvalue weighted by Crippen LogP contribution is -2.56. The van der Waals surface area contributed by atoms with Gasteiger partial charge in [0.05, 0.1) is 6.61 Å². The zero-order valence-corrected chi connectivity index (χ0v) is 16.2. The summed E-state index contributed by atoms with van der Waals surface area (Å²) in [5, 5.41) is 0. The van der Waals surface area contributed by atoms with E-state index in [1.807, 2.05) is 11.8 Å². The third-order valence-electron chi connectivity index (χ3n) is 7.39. The standard InChI is InChI=1S/C20H34FN3O2/c1-2-26-19(25)23-11-7-20(15-23)12-18(13-20)22-9-5-16(6-10-22)24-8-3-4-17(24)14-21/h16-18H,2-15H2,1H3/t17-,18?,20?/m1/s1. The number of ether oxygens (including phenoxy) is 1. The maximum atomic E-state index is 13.2. The lowest BCUT2D eigenvalue weighted by Gasteiger charge is -2.52. The molecule has 4 rings (SSSR count). The molecule has 1 spiro atoms. The van der Waals surface area contributed by atoms with Crippen LogP contribution in [-0.2, 0) is 4.74 Å². The molecule has 3 aliphatic heterocycles. The summed E-state index contributed by atoms with van der Waals surface area (Å²) in [4.78, 5) is 18.9. The second-order valence-corrected chi connectivity index (χ2v) is 8.89. The molecule has 0 aromatic carbocycles. The first-order valence-electron chi connectivity index (χ1n) is 10.6. The van der Waals surface area contributed by atoms with Crippen LogP contribution >= 0.6 is 0 Å². The quantitative estimate of drug-likeness (QED) is 0.766. The van der Waals surface area contributed by atoms with E-state index in [0.717, 1.165) is 52.0 Å². The molecular weight excluding hydrogens is 333 g/mol. The van der Waals surface area contributed by atoms with Gasteiger partial charge in [-0.25, -0.2) is 9.18 Å². The molecule has 3 saturated heterocycles. The fraction of sp³-hybridized carbons (Fsp3) is 0.950. The van der Waals surface area contributed by atoms with Crippen molar-refractivity contribution in [3.05, 3.63) is 0 Å². The molecule has 5 nitrogen and oxygen atoms in total. The van der Waals surface area contributed by atoms with Crippen LogP contribution in [0, 0.1) is 5.41 Å². The number of alkyl halides is 1. The van der Waals surface area contributed by atoms with Crippen LogP contribution in [0.2, 0.25) is 0 Å². The molecule has 4 aliphatic rings. The minimum absolute atomic E-state index is 0.137. The van der Waals surface area contributed by atoms with Gasteiger partial charge in [0, 0.05) is 31.2 Å². The Labute approximate surface area is 156 Å². The number of hydrogen-bond donors (Lipinski definition) is 0. The smallest absolute Gasteiger partial charge is 0.409 e. The predicted molar refractivity (Wildman–Crippen MR) is 99.0 cm³/mol. The molecule has 0 aromatic rings. The summed E-state index contributed by atoms with van der Waals surface area (Å²) in [5.74, 6) is 0. The third kappa shape index (κ3) is 3.47. The number of nitrogens with zero attached hydrogens (tertiary/aromatic N) is 3. The summed E-state index contributed by atoms with van der Waals surface area (Å²) in [6.07, 6.45) is 8.03. The number of piperidine rings is 1. The highest BCUT2D eigenvalue weighted by atomic mass is 19.1. The van der Waals surface area contributed by atoms with Gasteiger partial charge in [-0.1, -0.05) is 0 Å². The topological polar surface area (TPSA) is 36.0 Å². The monoisotopic (exact) mass is 367 g/mol. The molecule has 148 valence electrons. The molecule has 6 heteroatoms. The Hall–Kier alpha value is -0.880. The van der Waals surface area contributed by atoms with E-state index in [0.29, 0.717) is 24.1 Å². The van der Waals surface area contributed by atoms with Crippen molar-refractivity contribution in [3.8, 4) is 0 Å². The number of rotatable bonds is 4. The van der Waals surface area contributed by atoms with Gasteiger partial charge in [0.1, 0.15) is 6.67 Å². The van der Waals surface area contributed by atoms with Crippen LogP contribution < -0.4 is 0 Å². The zero-order chi connectivity index (χ0) is 18.1. The van der Waals surface area contributed by atoms with Gasteiger partial charge in [0.25, 0.3) is 0 Å². The first-order chi connectivity index (χ1) is 12.6. The SMILES string of the molecule is CCOC(=O)N1CCC2(CC(N3CCC(N4CCC[C@@H]4CF)CC3)C2)C1. The Kier molecular flexibility index (Phi) is 5.42. The maximum absolute atomic E-state index is 13.2. The van der Waals surface area contributed by atoms with Crippen LogP contribution in [0.5, 0.6) is 0 Å². The molecule has 0 bridgehead atoms. The van der Waals surface area contributed by atoms with Crippen molar-refractivity contribution in [1.82, 2.24) is 14.7 Å². The number of halogens is 1. The molecule has 1 aliphatic carbocycles. The van der Waals surface area contributed by atoms with E-state index in [1.54, 1.807) is 0 Å². The predicted octanol–water partition coefficient (Wildman–Crippen LogP) is 2.90. The van der Waals surface area contributed by atoms with Crippen LogP contribution in [0.4, 0.5) is 9.18 Å². The number of carbonyl (C=O) groups is 1. The van der Waals surface area contributed by atoms with Crippen molar-refractivity contribution in [2.24, 2.45) is 5.41 Å². The van der Waals surface area contributed by atoms with Crippen molar-refractivity contribution in [1.29, 1.82) is 0 Å². The van der Waals surface area contributed by atoms with Crippen LogP contribution in [0.1, 0.15) is 51.9 Å². The van der Waals surface area contributed by atoms with E-state index in [9.17, 15) is 9.18 Å². The molecule has 1 saturated carbocycles. The van der Waals surface area contributed by atoms with Crippen molar-refractivity contribution in [3.63, 3.8) is 0 Å². The van der Waals surface area contributed by atoms with Crippen LogP contribution in [0.3, 0.4) is 0 Å². The molecule has 0 aromatic heterocycles. The summed E-state index contributed by atoms with van der Waals surface area (Å²) in [6, 6.07) is 1.47. The zero-order valence-electron chi connectivity index (χ0n) is 16.2. The Bertz CT molecular complexity index is 503. The summed E-state index contributed by atoms with van der Waals surface area (Å²) in [5.41, 5.74) is 0.350. The number of carbonyl (C=O) groups excluding carboxylic acids is 1. The molecule has 3 heterocycles. The van der Waals surface area contributed by atoms with E-state index in [4.69, 9.17) is 4.74 Å². The van der Waals surface area contributed by atoms with E-state index in [-0.39, 0.29) is 18.8 Å². The van der Waals surface area contributed by atoms with Crippen LogP contribution in [0.25, 0.3) is 0 Å². The van der Waals surface area contributed by atoms with Gasteiger partial charge in [-0.05, 0) is 76.9 Å². The second kappa shape index (κ2) is 7.63. The first kappa shape index (κ1) is 18.5. The van der Waals surface area contributed by atoms with Gasteiger partial charge in [-0.2, -0.15) is 0 Å². The minimum Gasteiger partial charge on any atom is -0.450 e. The number of likely N-dealkylation sites (tertiary alicyclic amines) is 3. The van der Waals surface area contributed by atoms with Crippen molar-refractivity contribution in [2.45, 2.75) is 70.0 Å². The van der Waals surface area contributed by atoms with E-state index < -0.39 is 0 Å². The van der Waals surface area contributed by atoms with E-state index in [2.05, 4.69) is 9.80 Å². The highest BCUT2D eigenvalue weighted by Crippen LogP contribution is 2.50. The highest BCUT2D eigenvalue weighted by Gasteiger charge is 2.51. The fourth-order valence-electron chi connectivity index (χ4n) is 5.92. The average Bonchev–Trinajstić information content (AvgIpc) is 3.28. The minimum atomic E-state index is -0.178.